The van der Waals surface area contributed by atoms with Gasteiger partial charge in [0.25, 0.3) is 0 Å². The molecule has 0 aliphatic carbocycles. The fourth-order valence-corrected chi connectivity index (χ4v) is 3.21. The molecule has 21 heavy (non-hydrogen) atoms. The Balaban J connectivity index is 1.78. The predicted octanol–water partition coefficient (Wildman–Crippen LogP) is 0.616. The van der Waals surface area contributed by atoms with Crippen LogP contribution in [-0.4, -0.2) is 24.1 Å². The van der Waals surface area contributed by atoms with Crippen LogP contribution < -0.4 is 10.4 Å². The summed E-state index contributed by atoms with van der Waals surface area (Å²) in [5.74, 6) is -3.86. The lowest BCUT2D eigenvalue weighted by Crippen LogP contribution is -2.46. The summed E-state index contributed by atoms with van der Waals surface area (Å²) in [5.41, 5.74) is 0.784. The molecule has 2 aliphatic rings. The van der Waals surface area contributed by atoms with E-state index in [4.69, 9.17) is 4.74 Å². The first kappa shape index (κ1) is 14.0. The molecule has 3 rings (SSSR count). The van der Waals surface area contributed by atoms with E-state index in [1.807, 2.05) is 0 Å². The summed E-state index contributed by atoms with van der Waals surface area (Å²) in [6, 6.07) is 4.35. The number of fused-ring (bicyclic) bond motifs is 2. The van der Waals surface area contributed by atoms with Crippen molar-refractivity contribution in [2.24, 2.45) is 11.8 Å². The Bertz CT molecular complexity index is 603. The number of halogens is 1. The van der Waals surface area contributed by atoms with Gasteiger partial charge in [0.2, 0.25) is 5.91 Å². The first-order chi connectivity index (χ1) is 9.97. The quantitative estimate of drug-likeness (QED) is 0.885. The van der Waals surface area contributed by atoms with E-state index in [1.54, 1.807) is 19.1 Å². The van der Waals surface area contributed by atoms with Crippen LogP contribution >= 0.6 is 0 Å². The monoisotopic (exact) mass is 292 g/mol. The number of rotatable bonds is 3. The number of nitrogens with one attached hydrogen (secondary N) is 1. The molecular formula is C15H15FNO4-. The second-order valence-electron chi connectivity index (χ2n) is 5.61. The Hall–Kier alpha value is -1.95. The summed E-state index contributed by atoms with van der Waals surface area (Å²) in [7, 11) is 0. The molecule has 6 heteroatoms. The van der Waals surface area contributed by atoms with Gasteiger partial charge < -0.3 is 20.0 Å². The van der Waals surface area contributed by atoms with Gasteiger partial charge in [0.1, 0.15) is 5.82 Å². The van der Waals surface area contributed by atoms with E-state index in [9.17, 15) is 19.1 Å². The zero-order valence-corrected chi connectivity index (χ0v) is 11.5. The number of aliphatic carboxylic acids is 1. The van der Waals surface area contributed by atoms with Gasteiger partial charge in [-0.15, -0.1) is 0 Å². The van der Waals surface area contributed by atoms with Gasteiger partial charge in [-0.1, -0.05) is 6.07 Å². The molecule has 0 unspecified atom stereocenters. The molecule has 1 N–H and O–H groups in total. The number of carboxylic acids is 1. The van der Waals surface area contributed by atoms with E-state index in [2.05, 4.69) is 5.32 Å². The summed E-state index contributed by atoms with van der Waals surface area (Å²) in [4.78, 5) is 23.5. The molecule has 5 nitrogen and oxygen atoms in total. The maximum Gasteiger partial charge on any atom is 0.230 e. The minimum Gasteiger partial charge on any atom is -0.550 e. The van der Waals surface area contributed by atoms with Gasteiger partial charge >= 0.3 is 0 Å². The molecule has 1 amide bonds. The van der Waals surface area contributed by atoms with Crippen LogP contribution in [-0.2, 0) is 14.3 Å². The molecule has 0 saturated carbocycles. The van der Waals surface area contributed by atoms with Crippen molar-refractivity contribution in [1.82, 2.24) is 0 Å². The normalized spacial score (nSPS) is 30.4. The fourth-order valence-electron chi connectivity index (χ4n) is 3.21. The van der Waals surface area contributed by atoms with Crippen molar-refractivity contribution in [3.8, 4) is 0 Å². The van der Waals surface area contributed by atoms with Crippen LogP contribution in [0.3, 0.4) is 0 Å². The summed E-state index contributed by atoms with van der Waals surface area (Å²) in [6.07, 6.45) is 0.444. The molecule has 0 radical (unpaired) electrons. The molecule has 2 saturated heterocycles. The first-order valence-corrected chi connectivity index (χ1v) is 6.90. The van der Waals surface area contributed by atoms with E-state index in [0.717, 1.165) is 0 Å². The Labute approximate surface area is 121 Å². The van der Waals surface area contributed by atoms with Crippen molar-refractivity contribution in [1.29, 1.82) is 0 Å². The summed E-state index contributed by atoms with van der Waals surface area (Å²) >= 11 is 0. The first-order valence-electron chi connectivity index (χ1n) is 6.90. The van der Waals surface area contributed by atoms with Gasteiger partial charge in [-0.05, 0) is 37.5 Å². The van der Waals surface area contributed by atoms with E-state index < -0.39 is 41.7 Å². The maximum atomic E-state index is 13.5. The van der Waals surface area contributed by atoms with Crippen molar-refractivity contribution in [2.75, 3.05) is 5.32 Å². The fraction of sp³-hybridized carbons (Fsp3) is 0.467. The molecule has 2 fully saturated rings. The third-order valence-corrected chi connectivity index (χ3v) is 4.29. The van der Waals surface area contributed by atoms with Gasteiger partial charge in [0.05, 0.1) is 18.1 Å². The van der Waals surface area contributed by atoms with Gasteiger partial charge in [-0.2, -0.15) is 0 Å². The van der Waals surface area contributed by atoms with Crippen LogP contribution in [0.4, 0.5) is 10.1 Å². The number of carbonyl (C=O) groups excluding carboxylic acids is 2. The van der Waals surface area contributed by atoms with Crippen molar-refractivity contribution < 1.29 is 23.8 Å². The number of amides is 1. The third-order valence-electron chi connectivity index (χ3n) is 4.29. The SMILES string of the molecule is Cc1ccc(NC(=O)[C@@H]2[C@@H](C(=O)[O-])[C@H]3CC[C@@H]2O3)cc1F. The average molecular weight is 292 g/mol. The number of hydrogen-bond acceptors (Lipinski definition) is 4. The van der Waals surface area contributed by atoms with Gasteiger partial charge in [0, 0.05) is 17.6 Å². The summed E-state index contributed by atoms with van der Waals surface area (Å²) in [6.45, 7) is 1.62. The summed E-state index contributed by atoms with van der Waals surface area (Å²) in [5, 5.41) is 13.8. The zero-order chi connectivity index (χ0) is 15.1. The highest BCUT2D eigenvalue weighted by molar-refractivity contribution is 5.96. The number of benzene rings is 1. The highest BCUT2D eigenvalue weighted by atomic mass is 19.1. The molecule has 0 aromatic heterocycles. The van der Waals surface area contributed by atoms with Gasteiger partial charge in [0.15, 0.2) is 0 Å². The number of carboxylic acid groups (broad SMARTS) is 1. The number of ether oxygens (including phenoxy) is 1. The standard InChI is InChI=1S/C15H16FNO4/c1-7-2-3-8(6-9(7)16)17-14(18)12-10-4-5-11(21-10)13(12)15(19)20/h2-3,6,10-13H,4-5H2,1H3,(H,17,18)(H,19,20)/p-1/t10-,11+,12-,13-/m0/s1. The minimum absolute atomic E-state index is 0.308. The predicted molar refractivity (Wildman–Crippen MR) is 69.6 cm³/mol. The molecule has 0 spiro atoms. The van der Waals surface area contributed by atoms with Crippen molar-refractivity contribution in [3.63, 3.8) is 0 Å². The third kappa shape index (κ3) is 2.40. The van der Waals surface area contributed by atoms with Crippen molar-refractivity contribution in [3.05, 3.63) is 29.6 Å². The number of hydrogen-bond donors (Lipinski definition) is 1. The molecule has 2 aliphatic heterocycles. The smallest absolute Gasteiger partial charge is 0.230 e. The number of anilines is 1. The van der Waals surface area contributed by atoms with Crippen LogP contribution in [0.15, 0.2) is 18.2 Å². The second kappa shape index (κ2) is 5.11. The van der Waals surface area contributed by atoms with Crippen molar-refractivity contribution in [2.45, 2.75) is 32.0 Å². The Morgan fingerprint density at radius 2 is 1.95 bits per heavy atom. The van der Waals surface area contributed by atoms with E-state index in [-0.39, 0.29) is 0 Å². The van der Waals surface area contributed by atoms with Crippen LogP contribution in [0.5, 0.6) is 0 Å². The lowest BCUT2D eigenvalue weighted by Gasteiger charge is -2.27. The Kier molecular flexibility index (Phi) is 3.41. The molecular weight excluding hydrogens is 277 g/mol. The summed E-state index contributed by atoms with van der Waals surface area (Å²) < 4.78 is 19.0. The minimum atomic E-state index is -1.27. The Morgan fingerprint density at radius 1 is 1.29 bits per heavy atom. The molecule has 2 heterocycles. The van der Waals surface area contributed by atoms with Gasteiger partial charge in [-0.25, -0.2) is 4.39 Å². The molecule has 1 aromatic rings. The molecule has 4 atom stereocenters. The van der Waals surface area contributed by atoms with Crippen LogP contribution in [0.2, 0.25) is 0 Å². The van der Waals surface area contributed by atoms with E-state index >= 15 is 0 Å². The van der Waals surface area contributed by atoms with Crippen LogP contribution in [0, 0.1) is 24.6 Å². The van der Waals surface area contributed by atoms with Crippen LogP contribution in [0.1, 0.15) is 18.4 Å². The lowest BCUT2D eigenvalue weighted by atomic mass is 9.78. The molecule has 112 valence electrons. The van der Waals surface area contributed by atoms with E-state index in [0.29, 0.717) is 24.1 Å². The second-order valence-corrected chi connectivity index (χ2v) is 5.61. The zero-order valence-electron chi connectivity index (χ0n) is 11.5. The largest absolute Gasteiger partial charge is 0.550 e. The Morgan fingerprint density at radius 3 is 2.57 bits per heavy atom. The highest BCUT2D eigenvalue weighted by Gasteiger charge is 2.52. The number of aryl methyl sites for hydroxylation is 1. The molecule has 1 aromatic carbocycles. The lowest BCUT2D eigenvalue weighted by molar-refractivity contribution is -0.313. The number of carbonyl (C=O) groups is 2. The molecule has 2 bridgehead atoms. The van der Waals surface area contributed by atoms with Crippen LogP contribution in [0.25, 0.3) is 0 Å². The van der Waals surface area contributed by atoms with E-state index in [1.165, 1.54) is 6.07 Å². The van der Waals surface area contributed by atoms with Crippen molar-refractivity contribution >= 4 is 17.6 Å². The highest BCUT2D eigenvalue weighted by Crippen LogP contribution is 2.43. The topological polar surface area (TPSA) is 78.5 Å². The van der Waals surface area contributed by atoms with Gasteiger partial charge in [-0.3, -0.25) is 4.79 Å². The average Bonchev–Trinajstić information content (AvgIpc) is 3.03. The maximum absolute atomic E-state index is 13.5.